The third kappa shape index (κ3) is 2.28. The average Bonchev–Trinajstić information content (AvgIpc) is 2.36. The molecule has 1 unspecified atom stereocenters. The van der Waals surface area contributed by atoms with E-state index < -0.39 is 11.6 Å². The van der Waals surface area contributed by atoms with Crippen LogP contribution in [0, 0.1) is 0 Å². The molecule has 1 aromatic rings. The lowest BCUT2D eigenvalue weighted by Crippen LogP contribution is -2.36. The molecule has 16 heavy (non-hydrogen) atoms. The lowest BCUT2D eigenvalue weighted by Gasteiger charge is -2.27. The molecular formula is C12H15BrO3. The summed E-state index contributed by atoms with van der Waals surface area (Å²) in [6, 6.07) is 7.62. The van der Waals surface area contributed by atoms with Crippen LogP contribution in [-0.2, 0) is 25.2 Å². The number of halogens is 1. The molecule has 3 nitrogen and oxygen atoms in total. The SMILES string of the molecule is COC(=O)C(C)(OC)c1ccccc1CBr. The van der Waals surface area contributed by atoms with E-state index in [-0.39, 0.29) is 0 Å². The molecule has 0 fully saturated rings. The minimum absolute atomic E-state index is 0.400. The highest BCUT2D eigenvalue weighted by molar-refractivity contribution is 9.08. The summed E-state index contributed by atoms with van der Waals surface area (Å²) in [6.45, 7) is 1.71. The zero-order valence-electron chi connectivity index (χ0n) is 9.62. The summed E-state index contributed by atoms with van der Waals surface area (Å²) in [5.74, 6) is -0.400. The molecular weight excluding hydrogens is 272 g/mol. The molecule has 1 rings (SSSR count). The molecule has 0 aliphatic heterocycles. The molecule has 0 saturated heterocycles. The number of esters is 1. The van der Waals surface area contributed by atoms with E-state index in [0.717, 1.165) is 11.1 Å². The number of hydrogen-bond donors (Lipinski definition) is 0. The maximum atomic E-state index is 11.8. The molecule has 0 heterocycles. The smallest absolute Gasteiger partial charge is 0.342 e. The van der Waals surface area contributed by atoms with E-state index in [4.69, 9.17) is 9.47 Å². The van der Waals surface area contributed by atoms with Crippen molar-refractivity contribution in [2.45, 2.75) is 17.9 Å². The number of hydrogen-bond acceptors (Lipinski definition) is 3. The molecule has 0 bridgehead atoms. The van der Waals surface area contributed by atoms with Gasteiger partial charge in [0.2, 0.25) is 0 Å². The Bertz CT molecular complexity index is 378. The highest BCUT2D eigenvalue weighted by atomic mass is 79.9. The van der Waals surface area contributed by atoms with Gasteiger partial charge in [0.1, 0.15) is 0 Å². The number of carbonyl (C=O) groups is 1. The van der Waals surface area contributed by atoms with E-state index in [1.807, 2.05) is 24.3 Å². The van der Waals surface area contributed by atoms with Crippen molar-refractivity contribution in [1.82, 2.24) is 0 Å². The molecule has 0 amide bonds. The van der Waals surface area contributed by atoms with Gasteiger partial charge in [0.05, 0.1) is 7.11 Å². The Morgan fingerprint density at radius 3 is 2.50 bits per heavy atom. The minimum atomic E-state index is -1.06. The summed E-state index contributed by atoms with van der Waals surface area (Å²) in [7, 11) is 2.86. The first-order valence-electron chi connectivity index (χ1n) is 4.88. The fourth-order valence-electron chi connectivity index (χ4n) is 1.60. The second-order valence-corrected chi connectivity index (χ2v) is 4.08. The van der Waals surface area contributed by atoms with Crippen LogP contribution in [0.3, 0.4) is 0 Å². The average molecular weight is 287 g/mol. The van der Waals surface area contributed by atoms with Gasteiger partial charge in [-0.25, -0.2) is 4.79 Å². The molecule has 0 aliphatic carbocycles. The second-order valence-electron chi connectivity index (χ2n) is 3.52. The normalized spacial score (nSPS) is 14.2. The Hall–Kier alpha value is -0.870. The fourth-order valence-corrected chi connectivity index (χ4v) is 2.09. The predicted octanol–water partition coefficient (Wildman–Crippen LogP) is 2.62. The Kier molecular flexibility index (Phi) is 4.50. The molecule has 0 radical (unpaired) electrons. The third-order valence-electron chi connectivity index (χ3n) is 2.66. The van der Waals surface area contributed by atoms with Crippen LogP contribution in [0.25, 0.3) is 0 Å². The van der Waals surface area contributed by atoms with E-state index in [1.165, 1.54) is 14.2 Å². The second kappa shape index (κ2) is 5.46. The van der Waals surface area contributed by atoms with Gasteiger partial charge in [0.15, 0.2) is 5.60 Å². The van der Waals surface area contributed by atoms with E-state index in [2.05, 4.69) is 15.9 Å². The Morgan fingerprint density at radius 2 is 2.00 bits per heavy atom. The Morgan fingerprint density at radius 1 is 1.38 bits per heavy atom. The summed E-state index contributed by atoms with van der Waals surface area (Å²) in [5, 5.41) is 0.666. The largest absolute Gasteiger partial charge is 0.467 e. The van der Waals surface area contributed by atoms with Crippen LogP contribution < -0.4 is 0 Å². The van der Waals surface area contributed by atoms with Gasteiger partial charge in [-0.3, -0.25) is 0 Å². The van der Waals surface area contributed by atoms with Crippen molar-refractivity contribution in [3.8, 4) is 0 Å². The molecule has 1 atom stereocenters. The topological polar surface area (TPSA) is 35.5 Å². The monoisotopic (exact) mass is 286 g/mol. The number of alkyl halides is 1. The van der Waals surface area contributed by atoms with Crippen LogP contribution in [-0.4, -0.2) is 20.2 Å². The minimum Gasteiger partial charge on any atom is -0.467 e. The summed E-state index contributed by atoms with van der Waals surface area (Å²) in [6.07, 6.45) is 0. The number of rotatable bonds is 4. The van der Waals surface area contributed by atoms with Crippen LogP contribution in [0.15, 0.2) is 24.3 Å². The third-order valence-corrected chi connectivity index (χ3v) is 3.26. The number of carbonyl (C=O) groups excluding carboxylic acids is 1. The van der Waals surface area contributed by atoms with Crippen molar-refractivity contribution in [2.24, 2.45) is 0 Å². The summed E-state index contributed by atoms with van der Waals surface area (Å²) >= 11 is 3.39. The highest BCUT2D eigenvalue weighted by Gasteiger charge is 2.37. The van der Waals surface area contributed by atoms with Crippen molar-refractivity contribution in [1.29, 1.82) is 0 Å². The zero-order valence-corrected chi connectivity index (χ0v) is 11.2. The van der Waals surface area contributed by atoms with Crippen molar-refractivity contribution >= 4 is 21.9 Å². The molecule has 88 valence electrons. The van der Waals surface area contributed by atoms with Gasteiger partial charge in [0.25, 0.3) is 0 Å². The summed E-state index contributed by atoms with van der Waals surface area (Å²) in [5.41, 5.74) is 0.775. The van der Waals surface area contributed by atoms with Crippen LogP contribution in [0.1, 0.15) is 18.1 Å². The van der Waals surface area contributed by atoms with Crippen molar-refractivity contribution < 1.29 is 14.3 Å². The van der Waals surface area contributed by atoms with Crippen molar-refractivity contribution in [3.63, 3.8) is 0 Å². The van der Waals surface area contributed by atoms with E-state index in [0.29, 0.717) is 5.33 Å². The van der Waals surface area contributed by atoms with Crippen LogP contribution >= 0.6 is 15.9 Å². The predicted molar refractivity (Wildman–Crippen MR) is 65.5 cm³/mol. The lowest BCUT2D eigenvalue weighted by molar-refractivity contribution is -0.165. The molecule has 0 aliphatic rings. The van der Waals surface area contributed by atoms with E-state index >= 15 is 0 Å². The molecule has 1 aromatic carbocycles. The molecule has 0 saturated carbocycles. The van der Waals surface area contributed by atoms with Crippen molar-refractivity contribution in [3.05, 3.63) is 35.4 Å². The first-order valence-corrected chi connectivity index (χ1v) is 6.00. The molecule has 4 heteroatoms. The van der Waals surface area contributed by atoms with Gasteiger partial charge >= 0.3 is 5.97 Å². The fraction of sp³-hybridized carbons (Fsp3) is 0.417. The van der Waals surface area contributed by atoms with Crippen LogP contribution in [0.4, 0.5) is 0 Å². The van der Waals surface area contributed by atoms with Crippen LogP contribution in [0.2, 0.25) is 0 Å². The van der Waals surface area contributed by atoms with Gasteiger partial charge in [-0.1, -0.05) is 40.2 Å². The van der Waals surface area contributed by atoms with Gasteiger partial charge in [0, 0.05) is 12.4 Å². The molecule has 0 N–H and O–H groups in total. The Balaban J connectivity index is 3.27. The highest BCUT2D eigenvalue weighted by Crippen LogP contribution is 2.30. The van der Waals surface area contributed by atoms with E-state index in [9.17, 15) is 4.79 Å². The van der Waals surface area contributed by atoms with Gasteiger partial charge < -0.3 is 9.47 Å². The van der Waals surface area contributed by atoms with E-state index in [1.54, 1.807) is 6.92 Å². The molecule has 0 aromatic heterocycles. The number of methoxy groups -OCH3 is 2. The lowest BCUT2D eigenvalue weighted by atomic mass is 9.92. The summed E-state index contributed by atoms with van der Waals surface area (Å²) < 4.78 is 10.1. The maximum absolute atomic E-state index is 11.8. The first-order chi connectivity index (χ1) is 7.60. The Labute approximate surface area is 104 Å². The van der Waals surface area contributed by atoms with Gasteiger partial charge in [-0.05, 0) is 18.1 Å². The number of benzene rings is 1. The van der Waals surface area contributed by atoms with Gasteiger partial charge in [-0.2, -0.15) is 0 Å². The van der Waals surface area contributed by atoms with Gasteiger partial charge in [-0.15, -0.1) is 0 Å². The first kappa shape index (κ1) is 13.2. The zero-order chi connectivity index (χ0) is 12.2. The standard InChI is InChI=1S/C12H15BrO3/c1-12(16-3,11(14)15-2)10-7-5-4-6-9(10)8-13/h4-7H,8H2,1-3H3. The van der Waals surface area contributed by atoms with Crippen LogP contribution in [0.5, 0.6) is 0 Å². The van der Waals surface area contributed by atoms with Crippen molar-refractivity contribution in [2.75, 3.05) is 14.2 Å². The quantitative estimate of drug-likeness (QED) is 0.631. The molecule has 0 spiro atoms. The maximum Gasteiger partial charge on any atom is 0.342 e. The number of ether oxygens (including phenoxy) is 2. The summed E-state index contributed by atoms with van der Waals surface area (Å²) in [4.78, 5) is 11.8.